The van der Waals surface area contributed by atoms with E-state index >= 15 is 0 Å². The molecule has 1 unspecified atom stereocenters. The fraction of sp³-hybridized carbons (Fsp3) is 0.286. The minimum atomic E-state index is 0.0698. The van der Waals surface area contributed by atoms with Gasteiger partial charge in [0, 0.05) is 11.8 Å². The lowest BCUT2D eigenvalue weighted by molar-refractivity contribution is 0.499. The zero-order valence-electron chi connectivity index (χ0n) is 11.5. The van der Waals surface area contributed by atoms with Crippen molar-refractivity contribution >= 4 is 23.2 Å². The Morgan fingerprint density at radius 3 is 2.85 bits per heavy atom. The molecular weight excluding hydrogens is 276 g/mol. The predicted molar refractivity (Wildman–Crippen MR) is 78.2 cm³/mol. The van der Waals surface area contributed by atoms with Gasteiger partial charge in [-0.05, 0) is 39.0 Å². The molecule has 0 spiro atoms. The Hall–Kier alpha value is -2.01. The third-order valence-corrected chi connectivity index (χ3v) is 3.41. The number of halogens is 1. The predicted octanol–water partition coefficient (Wildman–Crippen LogP) is 3.77. The van der Waals surface area contributed by atoms with Gasteiger partial charge in [-0.3, -0.25) is 0 Å². The standard InChI is InChI=1S/C14H15ClN4O/c1-8-6-12(10(3)20-8)9(2)16-14-17-13-5-4-11(15)7-19(13)18-14/h4-7,9H,1-3H3,(H,16,18). The molecule has 0 bridgehead atoms. The van der Waals surface area contributed by atoms with Crippen molar-refractivity contribution in [2.24, 2.45) is 0 Å². The Morgan fingerprint density at radius 2 is 2.15 bits per heavy atom. The van der Waals surface area contributed by atoms with Gasteiger partial charge in [0.15, 0.2) is 5.65 Å². The summed E-state index contributed by atoms with van der Waals surface area (Å²) in [5.74, 6) is 2.38. The molecule has 0 aliphatic rings. The van der Waals surface area contributed by atoms with E-state index in [0.717, 1.165) is 22.7 Å². The molecule has 3 heterocycles. The van der Waals surface area contributed by atoms with Crippen LogP contribution in [0.15, 0.2) is 28.8 Å². The van der Waals surface area contributed by atoms with Gasteiger partial charge in [-0.2, -0.15) is 4.98 Å². The number of hydrogen-bond donors (Lipinski definition) is 1. The molecule has 0 radical (unpaired) electrons. The topological polar surface area (TPSA) is 55.4 Å². The summed E-state index contributed by atoms with van der Waals surface area (Å²) in [4.78, 5) is 4.41. The molecule has 0 saturated carbocycles. The van der Waals surface area contributed by atoms with Gasteiger partial charge in [0.2, 0.25) is 5.95 Å². The molecule has 5 nitrogen and oxygen atoms in total. The molecule has 20 heavy (non-hydrogen) atoms. The molecule has 3 rings (SSSR count). The second kappa shape index (κ2) is 4.83. The smallest absolute Gasteiger partial charge is 0.243 e. The highest BCUT2D eigenvalue weighted by Gasteiger charge is 2.14. The molecule has 0 aliphatic heterocycles. The summed E-state index contributed by atoms with van der Waals surface area (Å²) in [6.45, 7) is 5.95. The number of rotatable bonds is 3. The van der Waals surface area contributed by atoms with Crippen LogP contribution in [0.25, 0.3) is 5.65 Å². The Bertz CT molecular complexity index is 762. The molecule has 0 aliphatic carbocycles. The van der Waals surface area contributed by atoms with Crippen LogP contribution in [-0.4, -0.2) is 14.6 Å². The van der Waals surface area contributed by atoms with Crippen molar-refractivity contribution in [1.82, 2.24) is 14.6 Å². The van der Waals surface area contributed by atoms with Crippen molar-refractivity contribution in [2.45, 2.75) is 26.8 Å². The maximum absolute atomic E-state index is 5.93. The first-order valence-electron chi connectivity index (χ1n) is 6.38. The fourth-order valence-electron chi connectivity index (χ4n) is 2.27. The molecular formula is C14H15ClN4O. The van der Waals surface area contributed by atoms with Crippen LogP contribution in [0.4, 0.5) is 5.95 Å². The lowest BCUT2D eigenvalue weighted by Crippen LogP contribution is -2.08. The Labute approximate surface area is 121 Å². The normalized spacial score (nSPS) is 12.8. The molecule has 0 fully saturated rings. The maximum atomic E-state index is 5.93. The van der Waals surface area contributed by atoms with Gasteiger partial charge in [-0.1, -0.05) is 11.6 Å². The lowest BCUT2D eigenvalue weighted by Gasteiger charge is -2.10. The molecule has 6 heteroatoms. The van der Waals surface area contributed by atoms with E-state index in [1.165, 1.54) is 0 Å². The summed E-state index contributed by atoms with van der Waals surface area (Å²) >= 11 is 5.93. The van der Waals surface area contributed by atoms with Crippen molar-refractivity contribution in [3.8, 4) is 0 Å². The average molecular weight is 291 g/mol. The third-order valence-electron chi connectivity index (χ3n) is 3.19. The van der Waals surface area contributed by atoms with E-state index in [2.05, 4.69) is 22.3 Å². The van der Waals surface area contributed by atoms with Crippen LogP contribution in [0.1, 0.15) is 30.0 Å². The molecule has 0 saturated heterocycles. The molecule has 104 valence electrons. The van der Waals surface area contributed by atoms with Crippen molar-refractivity contribution in [1.29, 1.82) is 0 Å². The number of nitrogens with one attached hydrogen (secondary N) is 1. The highest BCUT2D eigenvalue weighted by atomic mass is 35.5. The van der Waals surface area contributed by atoms with Crippen LogP contribution in [0, 0.1) is 13.8 Å². The highest BCUT2D eigenvalue weighted by Crippen LogP contribution is 2.24. The van der Waals surface area contributed by atoms with Gasteiger partial charge in [-0.25, -0.2) is 4.52 Å². The number of aromatic nitrogens is 3. The molecule has 1 atom stereocenters. The summed E-state index contributed by atoms with van der Waals surface area (Å²) in [5, 5.41) is 8.26. The number of hydrogen-bond acceptors (Lipinski definition) is 4. The number of fused-ring (bicyclic) bond motifs is 1. The van der Waals surface area contributed by atoms with E-state index < -0.39 is 0 Å². The Kier molecular flexibility index (Phi) is 3.14. The van der Waals surface area contributed by atoms with Crippen molar-refractivity contribution in [3.63, 3.8) is 0 Å². The first-order chi connectivity index (χ1) is 9.52. The minimum Gasteiger partial charge on any atom is -0.466 e. The summed E-state index contributed by atoms with van der Waals surface area (Å²) in [5.41, 5.74) is 1.86. The van der Waals surface area contributed by atoms with Gasteiger partial charge >= 0.3 is 0 Å². The molecule has 0 amide bonds. The SMILES string of the molecule is Cc1cc(C(C)Nc2nc3ccc(Cl)cn3n2)c(C)o1. The van der Waals surface area contributed by atoms with Crippen LogP contribution >= 0.6 is 11.6 Å². The second-order valence-corrected chi connectivity index (χ2v) is 5.26. The fourth-order valence-corrected chi connectivity index (χ4v) is 2.43. The van der Waals surface area contributed by atoms with Crippen LogP contribution in [-0.2, 0) is 0 Å². The summed E-state index contributed by atoms with van der Waals surface area (Å²) in [7, 11) is 0. The van der Waals surface area contributed by atoms with E-state index in [1.54, 1.807) is 16.8 Å². The average Bonchev–Trinajstić information content (AvgIpc) is 2.91. The van der Waals surface area contributed by atoms with E-state index in [4.69, 9.17) is 16.0 Å². The second-order valence-electron chi connectivity index (χ2n) is 4.82. The van der Waals surface area contributed by atoms with Gasteiger partial charge in [-0.15, -0.1) is 5.10 Å². The molecule has 3 aromatic rings. The van der Waals surface area contributed by atoms with Crippen molar-refractivity contribution in [3.05, 3.63) is 46.5 Å². The number of furan rings is 1. The van der Waals surface area contributed by atoms with Crippen LogP contribution in [0.5, 0.6) is 0 Å². The van der Waals surface area contributed by atoms with Crippen LogP contribution in [0.2, 0.25) is 5.02 Å². The first-order valence-corrected chi connectivity index (χ1v) is 6.76. The van der Waals surface area contributed by atoms with Gasteiger partial charge in [0.1, 0.15) is 11.5 Å². The van der Waals surface area contributed by atoms with Crippen molar-refractivity contribution < 1.29 is 4.42 Å². The molecule has 3 aromatic heterocycles. The summed E-state index contributed by atoms with van der Waals surface area (Å²) < 4.78 is 7.20. The number of nitrogens with zero attached hydrogens (tertiary/aromatic N) is 3. The molecule has 0 aromatic carbocycles. The van der Waals surface area contributed by atoms with E-state index in [0.29, 0.717) is 11.0 Å². The van der Waals surface area contributed by atoms with E-state index in [-0.39, 0.29) is 6.04 Å². The first kappa shape index (κ1) is 13.0. The minimum absolute atomic E-state index is 0.0698. The number of pyridine rings is 1. The summed E-state index contributed by atoms with van der Waals surface area (Å²) in [6.07, 6.45) is 1.73. The lowest BCUT2D eigenvalue weighted by atomic mass is 10.1. The van der Waals surface area contributed by atoms with Gasteiger partial charge in [0.05, 0.1) is 11.1 Å². The van der Waals surface area contributed by atoms with Crippen LogP contribution < -0.4 is 5.32 Å². The quantitative estimate of drug-likeness (QED) is 0.798. The zero-order chi connectivity index (χ0) is 14.3. The largest absolute Gasteiger partial charge is 0.466 e. The monoisotopic (exact) mass is 290 g/mol. The Balaban J connectivity index is 1.87. The number of anilines is 1. The number of aryl methyl sites for hydroxylation is 2. The summed E-state index contributed by atoms with van der Waals surface area (Å²) in [6, 6.07) is 5.72. The highest BCUT2D eigenvalue weighted by molar-refractivity contribution is 6.30. The van der Waals surface area contributed by atoms with E-state index in [1.807, 2.05) is 26.0 Å². The van der Waals surface area contributed by atoms with E-state index in [9.17, 15) is 0 Å². The Morgan fingerprint density at radius 1 is 1.35 bits per heavy atom. The third kappa shape index (κ3) is 2.36. The zero-order valence-corrected chi connectivity index (χ0v) is 12.3. The van der Waals surface area contributed by atoms with Crippen LogP contribution in [0.3, 0.4) is 0 Å². The maximum Gasteiger partial charge on any atom is 0.243 e. The van der Waals surface area contributed by atoms with Gasteiger partial charge in [0.25, 0.3) is 0 Å². The van der Waals surface area contributed by atoms with Gasteiger partial charge < -0.3 is 9.73 Å². The van der Waals surface area contributed by atoms with Crippen molar-refractivity contribution in [2.75, 3.05) is 5.32 Å². The molecule has 1 N–H and O–H groups in total.